The fourth-order valence-electron chi connectivity index (χ4n) is 0.454. The molecule has 6 nitrogen and oxygen atoms in total. The molecule has 0 rings (SSSR count). The molecule has 0 aromatic heterocycles. The van der Waals surface area contributed by atoms with Crippen molar-refractivity contribution in [1.29, 1.82) is 0 Å². The zero-order valence-electron chi connectivity index (χ0n) is 7.28. The number of carbonyl (C=O) groups excluding carboxylic acids is 1. The summed E-state index contributed by atoms with van der Waals surface area (Å²) in [5.74, 6) is -1.00. The van der Waals surface area contributed by atoms with Gasteiger partial charge in [0, 0.05) is 11.8 Å². The van der Waals surface area contributed by atoms with E-state index in [1.165, 1.54) is 7.11 Å². The first-order valence-corrected chi connectivity index (χ1v) is 3.74. The van der Waals surface area contributed by atoms with Gasteiger partial charge in [-0.15, -0.1) is 0 Å². The van der Waals surface area contributed by atoms with Gasteiger partial charge < -0.3 is 15.3 Å². The van der Waals surface area contributed by atoms with Crippen molar-refractivity contribution >= 4 is 29.3 Å². The number of hydrogen-bond acceptors (Lipinski definition) is 5. The smallest absolute Gasteiger partial charge is 0.364 e. The van der Waals surface area contributed by atoms with Gasteiger partial charge in [-0.2, -0.15) is 4.51 Å². The van der Waals surface area contributed by atoms with Gasteiger partial charge in [0.15, 0.2) is 5.84 Å². The number of esters is 1. The van der Waals surface area contributed by atoms with Crippen LogP contribution in [0.3, 0.4) is 0 Å². The Morgan fingerprint density at radius 1 is 1.62 bits per heavy atom. The van der Waals surface area contributed by atoms with Gasteiger partial charge in [0.05, 0.1) is 7.11 Å². The number of ether oxygens (including phenoxy) is 1. The molecule has 2 N–H and O–H groups in total. The highest BCUT2D eigenvalue weighted by Gasteiger charge is 2.17. The molecule has 0 aliphatic rings. The van der Waals surface area contributed by atoms with Crippen LogP contribution in [0.5, 0.6) is 0 Å². The molecule has 0 heterocycles. The summed E-state index contributed by atoms with van der Waals surface area (Å²) in [6, 6.07) is 0. The predicted octanol–water partition coefficient (Wildman–Crippen LogP) is 0.0629. The van der Waals surface area contributed by atoms with Crippen LogP contribution < -0.4 is 5.73 Å². The van der Waals surface area contributed by atoms with E-state index in [9.17, 15) is 4.79 Å². The number of nitrogens with zero attached hydrogens (tertiary/aromatic N) is 2. The molecular weight excluding hydrogens is 198 g/mol. The number of oxime groups is 1. The van der Waals surface area contributed by atoms with Crippen molar-refractivity contribution in [3.8, 4) is 0 Å². The Hall–Kier alpha value is -1.30. The highest BCUT2D eigenvalue weighted by Crippen LogP contribution is 1.89. The Morgan fingerprint density at radius 2 is 2.23 bits per heavy atom. The van der Waals surface area contributed by atoms with Crippen molar-refractivity contribution in [2.45, 2.75) is 6.92 Å². The largest absolute Gasteiger partial charge is 0.464 e. The Kier molecular flexibility index (Phi) is 5.62. The topological polar surface area (TPSA) is 86.3 Å². The highest BCUT2D eigenvalue weighted by atomic mass is 35.5. The van der Waals surface area contributed by atoms with Crippen molar-refractivity contribution < 1.29 is 14.4 Å². The molecule has 13 heavy (non-hydrogen) atoms. The molecule has 0 spiro atoms. The quantitative estimate of drug-likeness (QED) is 0.306. The number of hydrogen-bond donors (Lipinski definition) is 1. The van der Waals surface area contributed by atoms with Crippen LogP contribution in [-0.4, -0.2) is 31.2 Å². The van der Waals surface area contributed by atoms with E-state index in [0.29, 0.717) is 6.61 Å². The number of nitrogens with two attached hydrogens (primary N) is 1. The maximum atomic E-state index is 11.0. The van der Waals surface area contributed by atoms with Gasteiger partial charge in [0.1, 0.15) is 6.61 Å². The number of halogens is 1. The summed E-state index contributed by atoms with van der Waals surface area (Å²) in [5.41, 5.74) is 4.99. The SMILES string of the molecule is CCON=C(C(=O)OC)C(N)=NCl. The van der Waals surface area contributed by atoms with Crippen molar-refractivity contribution in [2.24, 2.45) is 15.4 Å². The Balaban J connectivity index is 4.65. The average molecular weight is 208 g/mol. The van der Waals surface area contributed by atoms with E-state index in [4.69, 9.17) is 17.5 Å². The molecule has 74 valence electrons. The van der Waals surface area contributed by atoms with Crippen LogP contribution in [-0.2, 0) is 14.4 Å². The third-order valence-corrected chi connectivity index (χ3v) is 1.18. The first-order chi connectivity index (χ1) is 6.17. The van der Waals surface area contributed by atoms with E-state index in [0.717, 1.165) is 0 Å². The molecular formula is C6H10ClN3O3. The molecule has 0 radical (unpaired) electrons. The van der Waals surface area contributed by atoms with E-state index < -0.39 is 5.97 Å². The second kappa shape index (κ2) is 6.24. The normalized spacial score (nSPS) is 12.5. The maximum Gasteiger partial charge on any atom is 0.364 e. The summed E-state index contributed by atoms with van der Waals surface area (Å²) < 4.78 is 7.43. The van der Waals surface area contributed by atoms with Gasteiger partial charge in [-0.1, -0.05) is 5.16 Å². The summed E-state index contributed by atoms with van der Waals surface area (Å²) >= 11 is 5.05. The summed E-state index contributed by atoms with van der Waals surface area (Å²) in [7, 11) is 1.19. The Morgan fingerprint density at radius 3 is 2.62 bits per heavy atom. The molecule has 0 saturated heterocycles. The van der Waals surface area contributed by atoms with Gasteiger partial charge in [0.2, 0.25) is 5.71 Å². The van der Waals surface area contributed by atoms with Crippen LogP contribution in [0.25, 0.3) is 0 Å². The number of carbonyl (C=O) groups is 1. The van der Waals surface area contributed by atoms with Crippen LogP contribution in [0.4, 0.5) is 0 Å². The Labute approximate surface area is 80.5 Å². The lowest BCUT2D eigenvalue weighted by Crippen LogP contribution is -2.31. The predicted molar refractivity (Wildman–Crippen MR) is 48.6 cm³/mol. The maximum absolute atomic E-state index is 11.0. The van der Waals surface area contributed by atoms with Gasteiger partial charge in [0.25, 0.3) is 0 Å². The third-order valence-electron chi connectivity index (χ3n) is 0.997. The van der Waals surface area contributed by atoms with E-state index >= 15 is 0 Å². The van der Waals surface area contributed by atoms with E-state index in [-0.39, 0.29) is 11.5 Å². The summed E-state index contributed by atoms with van der Waals surface area (Å²) in [4.78, 5) is 15.6. The molecule has 7 heteroatoms. The standard InChI is InChI=1S/C6H10ClN3O3/c1-3-13-10-4(5(8)9-7)6(11)12-2/h3H2,1-2H3,(H2,8,9). The Bertz CT molecular complexity index is 239. The zero-order valence-corrected chi connectivity index (χ0v) is 8.04. The molecule has 0 aliphatic carbocycles. The van der Waals surface area contributed by atoms with E-state index in [1.54, 1.807) is 6.92 Å². The minimum Gasteiger partial charge on any atom is -0.464 e. The molecule has 0 saturated carbocycles. The van der Waals surface area contributed by atoms with Crippen molar-refractivity contribution in [1.82, 2.24) is 0 Å². The van der Waals surface area contributed by atoms with Crippen LogP contribution >= 0.6 is 11.8 Å². The van der Waals surface area contributed by atoms with Crippen LogP contribution in [0, 0.1) is 0 Å². The third kappa shape index (κ3) is 3.75. The van der Waals surface area contributed by atoms with Gasteiger partial charge in [-0.3, -0.25) is 0 Å². The van der Waals surface area contributed by atoms with E-state index in [2.05, 4.69) is 19.2 Å². The fourth-order valence-corrected chi connectivity index (χ4v) is 0.534. The summed E-state index contributed by atoms with van der Waals surface area (Å²) in [6.07, 6.45) is 0. The first kappa shape index (κ1) is 11.7. The average Bonchev–Trinajstić information content (AvgIpc) is 2.17. The number of rotatable bonds is 4. The summed E-state index contributed by atoms with van der Waals surface area (Å²) in [6.45, 7) is 2.00. The lowest BCUT2D eigenvalue weighted by Gasteiger charge is -2.01. The molecule has 0 amide bonds. The lowest BCUT2D eigenvalue weighted by molar-refractivity contribution is -0.132. The second-order valence-electron chi connectivity index (χ2n) is 1.82. The van der Waals surface area contributed by atoms with Crippen molar-refractivity contribution in [2.75, 3.05) is 13.7 Å². The highest BCUT2D eigenvalue weighted by molar-refractivity contribution is 6.66. The zero-order chi connectivity index (χ0) is 10.3. The molecule has 0 unspecified atom stereocenters. The van der Waals surface area contributed by atoms with Gasteiger partial charge >= 0.3 is 5.97 Å². The van der Waals surface area contributed by atoms with Crippen LogP contribution in [0.1, 0.15) is 6.92 Å². The second-order valence-corrected chi connectivity index (χ2v) is 1.99. The van der Waals surface area contributed by atoms with Crippen LogP contribution in [0.2, 0.25) is 0 Å². The van der Waals surface area contributed by atoms with Gasteiger partial charge in [-0.05, 0) is 6.92 Å². The molecule has 0 fully saturated rings. The van der Waals surface area contributed by atoms with Crippen molar-refractivity contribution in [3.63, 3.8) is 0 Å². The van der Waals surface area contributed by atoms with Crippen LogP contribution in [0.15, 0.2) is 9.67 Å². The number of methoxy groups -OCH3 is 1. The number of amidine groups is 1. The minimum atomic E-state index is -0.754. The first-order valence-electron chi connectivity index (χ1n) is 3.40. The molecule has 0 atom stereocenters. The minimum absolute atomic E-state index is 0.248. The van der Waals surface area contributed by atoms with Crippen molar-refractivity contribution in [3.05, 3.63) is 0 Å². The summed E-state index contributed by atoms with van der Waals surface area (Å²) in [5, 5.41) is 3.39. The molecule has 0 aromatic rings. The van der Waals surface area contributed by atoms with E-state index in [1.807, 2.05) is 0 Å². The van der Waals surface area contributed by atoms with Gasteiger partial charge in [-0.25, -0.2) is 4.79 Å². The monoisotopic (exact) mass is 207 g/mol. The molecule has 0 bridgehead atoms. The fraction of sp³-hybridized carbons (Fsp3) is 0.500. The molecule has 0 aliphatic heterocycles. The lowest BCUT2D eigenvalue weighted by atomic mass is 10.3. The molecule has 0 aromatic carbocycles.